The van der Waals surface area contributed by atoms with Gasteiger partial charge in [-0.3, -0.25) is 32.7 Å². The number of fused-ring (bicyclic) bond motifs is 1. The van der Waals surface area contributed by atoms with Crippen molar-refractivity contribution in [2.24, 2.45) is 5.92 Å². The van der Waals surface area contributed by atoms with E-state index in [1.54, 1.807) is 38.1 Å². The standard InChI is InChI=1S/C70H97N2O20PSi/c1-12-36-80-69(77)90-66-61(72-58(74)38-54(15-4)86-59(75)16-5)67(87-55(45-79-40-48-28-20-17-21-29-48)64(66)91-93(78)84-43-51-34-26-27-35-52(51)44-85-93)83-46-56-63(82-42-50-32-24-19-25-33-50)65(89-60(76)39-53(14-3)81-41-49-30-22-18-23-31-49)62(71-57(73)37-47(6)13-2)68(88-56)92-94(10,11)70(7,8)9/h12,17-35,47,53-56,61-68H,1,13-16,36-46H2,2-11H3,(H,71,73)(H,72,74)/t47-,53-,54-,55?,56?,61?,62?,63+,64-,65-,66-,67-,68-/m1/s1. The lowest BCUT2D eigenvalue weighted by atomic mass is 9.94. The first-order valence-corrected chi connectivity index (χ1v) is 37.0. The number of hydrogen-bond donors (Lipinski definition) is 2. The number of benzene rings is 4. The van der Waals surface area contributed by atoms with Gasteiger partial charge in [-0.1, -0.05) is 190 Å². The van der Waals surface area contributed by atoms with E-state index in [4.69, 9.17) is 65.4 Å². The fourth-order valence-electron chi connectivity index (χ4n) is 10.4. The maximum absolute atomic E-state index is 15.1. The van der Waals surface area contributed by atoms with Crippen molar-refractivity contribution < 1.29 is 93.9 Å². The van der Waals surface area contributed by atoms with Crippen LogP contribution in [0.25, 0.3) is 0 Å². The number of rotatable bonds is 34. The van der Waals surface area contributed by atoms with Crippen molar-refractivity contribution in [3.63, 3.8) is 0 Å². The Morgan fingerprint density at radius 2 is 1.16 bits per heavy atom. The van der Waals surface area contributed by atoms with Gasteiger partial charge in [0, 0.05) is 12.8 Å². The van der Waals surface area contributed by atoms with Crippen LogP contribution in [0.5, 0.6) is 0 Å². The third kappa shape index (κ3) is 22.7. The molecule has 24 heteroatoms. The molecule has 0 aromatic heterocycles. The highest BCUT2D eigenvalue weighted by Gasteiger charge is 2.57. The lowest BCUT2D eigenvalue weighted by Gasteiger charge is -2.50. The van der Waals surface area contributed by atoms with Gasteiger partial charge in [-0.2, -0.15) is 0 Å². The molecule has 3 aliphatic heterocycles. The second-order valence-electron chi connectivity index (χ2n) is 25.3. The molecule has 516 valence electrons. The summed E-state index contributed by atoms with van der Waals surface area (Å²) in [7, 11) is -7.58. The number of phosphoric acid groups is 1. The van der Waals surface area contributed by atoms with E-state index in [2.05, 4.69) is 38.0 Å². The highest BCUT2D eigenvalue weighted by Crippen LogP contribution is 2.55. The summed E-state index contributed by atoms with van der Waals surface area (Å²) < 4.78 is 105. The van der Waals surface area contributed by atoms with Crippen LogP contribution < -0.4 is 10.6 Å². The number of carbonyl (C=O) groups is 5. The lowest BCUT2D eigenvalue weighted by molar-refractivity contribution is -0.302. The van der Waals surface area contributed by atoms with Gasteiger partial charge in [0.2, 0.25) is 11.8 Å². The summed E-state index contributed by atoms with van der Waals surface area (Å²) in [6.07, 6.45) is -12.0. The minimum atomic E-state index is -4.68. The molecule has 3 heterocycles. The summed E-state index contributed by atoms with van der Waals surface area (Å²) >= 11 is 0. The fraction of sp³-hybridized carbons (Fsp3) is 0.557. The summed E-state index contributed by atoms with van der Waals surface area (Å²) in [5.41, 5.74) is 3.81. The van der Waals surface area contributed by atoms with Crippen LogP contribution in [0.3, 0.4) is 0 Å². The molecule has 0 bridgehead atoms. The Morgan fingerprint density at radius 3 is 1.72 bits per heavy atom. The van der Waals surface area contributed by atoms with Gasteiger partial charge in [0.1, 0.15) is 49.2 Å². The van der Waals surface area contributed by atoms with Crippen molar-refractivity contribution in [3.8, 4) is 0 Å². The molecule has 4 unspecified atom stereocenters. The molecule has 4 aromatic rings. The van der Waals surface area contributed by atoms with E-state index in [1.165, 1.54) is 6.08 Å². The van der Waals surface area contributed by atoms with Crippen LogP contribution in [0.4, 0.5) is 4.79 Å². The molecule has 2 amide bonds. The Labute approximate surface area is 554 Å². The van der Waals surface area contributed by atoms with Gasteiger partial charge in [-0.15, -0.1) is 0 Å². The molecule has 0 spiro atoms. The molecule has 7 rings (SSSR count). The molecule has 0 radical (unpaired) electrons. The molecular formula is C70H97N2O20PSi. The zero-order valence-corrected chi connectivity index (χ0v) is 57.9. The van der Waals surface area contributed by atoms with Crippen molar-refractivity contribution >= 4 is 46.0 Å². The molecule has 3 aliphatic rings. The van der Waals surface area contributed by atoms with Crippen LogP contribution in [-0.4, -0.2) is 132 Å². The summed E-state index contributed by atoms with van der Waals surface area (Å²) in [5, 5.41) is 5.70. The van der Waals surface area contributed by atoms with Crippen LogP contribution >= 0.6 is 7.82 Å². The molecule has 94 heavy (non-hydrogen) atoms. The SMILES string of the molecule is C=CCOC(=O)O[C@@H]1C(NC(=O)C[C@@H](CC)OC(=O)CC)[C@H](OCC2O[C@H](O[Si](C)(C)C(C)(C)C)C(NC(=O)C[C@H](C)CC)[C@@H](OC(=O)C[C@@H](CC)OCc3ccccc3)[C@H]2OCc2ccccc2)OC(COCc2ccccc2)[C@H]1OP1(=O)OCc2ccccc2CO1. The van der Waals surface area contributed by atoms with Gasteiger partial charge in [0.15, 0.2) is 33.1 Å². The van der Waals surface area contributed by atoms with Gasteiger partial charge in [0.05, 0.1) is 65.2 Å². The maximum atomic E-state index is 15.1. The second kappa shape index (κ2) is 36.8. The van der Waals surface area contributed by atoms with Crippen LogP contribution in [-0.2, 0) is 122 Å². The monoisotopic (exact) mass is 1340 g/mol. The minimum absolute atomic E-state index is 0.0219. The summed E-state index contributed by atoms with van der Waals surface area (Å²) in [4.78, 5) is 70.8. The first kappa shape index (κ1) is 75.2. The Hall–Kier alpha value is -6.18. The normalized spacial score (nSPS) is 23.8. The van der Waals surface area contributed by atoms with Gasteiger partial charge >= 0.3 is 25.9 Å². The Morgan fingerprint density at radius 1 is 0.628 bits per heavy atom. The number of esters is 2. The third-order valence-corrected chi connectivity index (χ3v) is 22.9. The van der Waals surface area contributed by atoms with E-state index in [0.29, 0.717) is 24.0 Å². The number of hydrogen-bond acceptors (Lipinski definition) is 20. The molecule has 22 nitrogen and oxygen atoms in total. The topological polar surface area (TPSA) is 256 Å². The number of ether oxygens (including phenoxy) is 10. The predicted octanol–water partition coefficient (Wildman–Crippen LogP) is 12.0. The van der Waals surface area contributed by atoms with Crippen molar-refractivity contribution in [1.29, 1.82) is 0 Å². The zero-order valence-electron chi connectivity index (χ0n) is 56.0. The zero-order chi connectivity index (χ0) is 67.8. The van der Waals surface area contributed by atoms with Gasteiger partial charge < -0.3 is 62.4 Å². The first-order valence-electron chi connectivity index (χ1n) is 32.6. The Balaban J connectivity index is 1.35. The average molecular weight is 1350 g/mol. The summed E-state index contributed by atoms with van der Waals surface area (Å²) in [6.45, 7) is 21.9. The van der Waals surface area contributed by atoms with E-state index in [1.807, 2.05) is 125 Å². The molecule has 2 fully saturated rings. The van der Waals surface area contributed by atoms with Gasteiger partial charge in [0.25, 0.3) is 0 Å². The molecule has 2 N–H and O–H groups in total. The molecule has 0 saturated carbocycles. The molecule has 4 aromatic carbocycles. The lowest BCUT2D eigenvalue weighted by Crippen LogP contribution is -2.69. The van der Waals surface area contributed by atoms with Crippen molar-refractivity contribution in [1.82, 2.24) is 10.6 Å². The molecule has 13 atom stereocenters. The number of amides is 2. The number of phosphoric ester groups is 1. The van der Waals surface area contributed by atoms with Crippen molar-refractivity contribution in [2.45, 2.75) is 225 Å². The first-order chi connectivity index (χ1) is 45.0. The molecular weight excluding hydrogens is 1250 g/mol. The van der Waals surface area contributed by atoms with Gasteiger partial charge in [-0.05, 0) is 64.7 Å². The summed E-state index contributed by atoms with van der Waals surface area (Å²) in [5.74, 6) is -2.27. The van der Waals surface area contributed by atoms with E-state index < -0.39 is 125 Å². The quantitative estimate of drug-likeness (QED) is 0.0145. The number of nitrogens with one attached hydrogen (secondary N) is 2. The van der Waals surface area contributed by atoms with Crippen LogP contribution in [0, 0.1) is 5.92 Å². The highest BCUT2D eigenvalue weighted by molar-refractivity contribution is 7.48. The smallest absolute Gasteiger partial charge is 0.462 e. The van der Waals surface area contributed by atoms with E-state index >= 15 is 4.57 Å². The van der Waals surface area contributed by atoms with Crippen molar-refractivity contribution in [2.75, 3.05) is 19.8 Å². The van der Waals surface area contributed by atoms with Crippen LogP contribution in [0.2, 0.25) is 18.1 Å². The Kier molecular flexibility index (Phi) is 29.4. The van der Waals surface area contributed by atoms with E-state index in [9.17, 15) is 24.0 Å². The third-order valence-electron chi connectivity index (χ3n) is 17.1. The fourth-order valence-corrected chi connectivity index (χ4v) is 12.9. The number of carbonyl (C=O) groups excluding carboxylic acids is 5. The van der Waals surface area contributed by atoms with Gasteiger partial charge in [-0.25, -0.2) is 9.36 Å². The van der Waals surface area contributed by atoms with Crippen molar-refractivity contribution in [3.05, 3.63) is 156 Å². The average Bonchev–Trinajstić information content (AvgIpc) is 0.870. The predicted molar refractivity (Wildman–Crippen MR) is 350 cm³/mol. The van der Waals surface area contributed by atoms with E-state index in [-0.39, 0.29) is 90.2 Å². The summed E-state index contributed by atoms with van der Waals surface area (Å²) in [6, 6.07) is 32.6. The largest absolute Gasteiger partial charge is 0.509 e. The Bertz CT molecular complexity index is 3040. The van der Waals surface area contributed by atoms with E-state index in [0.717, 1.165) is 16.7 Å². The maximum Gasteiger partial charge on any atom is 0.509 e. The minimum Gasteiger partial charge on any atom is -0.462 e. The highest BCUT2D eigenvalue weighted by atomic mass is 31.2. The second-order valence-corrected chi connectivity index (χ2v) is 31.7. The van der Waals surface area contributed by atoms with Crippen LogP contribution in [0.15, 0.2) is 128 Å². The molecule has 2 saturated heterocycles. The van der Waals surface area contributed by atoms with Crippen LogP contribution in [0.1, 0.15) is 128 Å². The molecule has 0 aliphatic carbocycles.